The van der Waals surface area contributed by atoms with Crippen molar-refractivity contribution in [3.63, 3.8) is 0 Å². The van der Waals surface area contributed by atoms with Crippen LogP contribution in [0, 0.1) is 5.82 Å². The Morgan fingerprint density at radius 3 is 2.68 bits per heavy atom. The Balaban J connectivity index is 1.66. The molecule has 4 nitrogen and oxygen atoms in total. The zero-order valence-corrected chi connectivity index (χ0v) is 10.9. The molecule has 1 aromatic carbocycles. The molecule has 0 unspecified atom stereocenters. The summed E-state index contributed by atoms with van der Waals surface area (Å²) in [6, 6.07) is 4.53. The number of benzene rings is 1. The lowest BCUT2D eigenvalue weighted by Gasteiger charge is -2.68. The second-order valence-corrected chi connectivity index (χ2v) is 6.20. The van der Waals surface area contributed by atoms with E-state index in [1.807, 2.05) is 0 Å². The molecular weight excluding hydrogens is 267 g/mol. The Bertz CT molecular complexity index is 661. The third-order valence-corrected chi connectivity index (χ3v) is 4.55. The van der Waals surface area contributed by atoms with Gasteiger partial charge >= 0.3 is 0 Å². The highest BCUT2D eigenvalue weighted by atomic mass is 35.5. The molecule has 0 atom stereocenters. The molecule has 5 rings (SSSR count). The summed E-state index contributed by atoms with van der Waals surface area (Å²) in [6.45, 7) is 0. The van der Waals surface area contributed by atoms with Crippen LogP contribution in [0.3, 0.4) is 0 Å². The van der Waals surface area contributed by atoms with Crippen LogP contribution in [0.1, 0.15) is 25.0 Å². The molecule has 3 aliphatic rings. The molecule has 0 spiro atoms. The quantitative estimate of drug-likeness (QED) is 0.916. The predicted molar refractivity (Wildman–Crippen MR) is 68.8 cm³/mol. The van der Waals surface area contributed by atoms with Crippen LogP contribution in [-0.2, 0) is 5.41 Å². The third-order valence-electron chi connectivity index (χ3n) is 4.24. The molecule has 0 aliphatic heterocycles. The average Bonchev–Trinajstić information content (AvgIpc) is 2.77. The minimum Gasteiger partial charge on any atom is -0.325 e. The van der Waals surface area contributed by atoms with Gasteiger partial charge in [0, 0.05) is 17.0 Å². The number of hydrogen-bond donors (Lipinski definition) is 1. The van der Waals surface area contributed by atoms with E-state index in [0.717, 1.165) is 25.0 Å². The molecule has 0 radical (unpaired) electrons. The lowest BCUT2D eigenvalue weighted by atomic mass is 9.39. The summed E-state index contributed by atoms with van der Waals surface area (Å²) in [5.41, 5.74) is 7.73. The van der Waals surface area contributed by atoms with E-state index < -0.39 is 5.82 Å². The summed E-state index contributed by atoms with van der Waals surface area (Å²) in [7, 11) is 0. The van der Waals surface area contributed by atoms with E-state index in [2.05, 4.69) is 10.2 Å². The van der Waals surface area contributed by atoms with E-state index in [4.69, 9.17) is 17.3 Å². The molecule has 1 heterocycles. The minimum absolute atomic E-state index is 0.0379. The number of nitrogens with zero attached hydrogens (tertiary/aromatic N) is 3. The van der Waals surface area contributed by atoms with Crippen LogP contribution in [0.5, 0.6) is 0 Å². The minimum atomic E-state index is -0.468. The topological polar surface area (TPSA) is 56.7 Å². The highest BCUT2D eigenvalue weighted by Crippen LogP contribution is 2.65. The SMILES string of the molecule is NC12CC(c3cnn(-c4ccc(Cl)c(F)c4)n3)(C1)C2. The fraction of sp³-hybridized carbons (Fsp3) is 0.385. The van der Waals surface area contributed by atoms with Crippen LogP contribution in [0.15, 0.2) is 24.4 Å². The van der Waals surface area contributed by atoms with E-state index in [1.54, 1.807) is 12.3 Å². The number of nitrogens with two attached hydrogens (primary N) is 1. The molecule has 3 fully saturated rings. The van der Waals surface area contributed by atoms with Gasteiger partial charge in [-0.2, -0.15) is 15.0 Å². The van der Waals surface area contributed by atoms with Crippen LogP contribution >= 0.6 is 11.6 Å². The summed E-state index contributed by atoms with van der Waals surface area (Å²) in [4.78, 5) is 1.44. The molecule has 2 aromatic rings. The molecule has 6 heteroatoms. The first-order chi connectivity index (χ1) is 9.00. The van der Waals surface area contributed by atoms with Crippen molar-refractivity contribution in [3.05, 3.63) is 40.9 Å². The van der Waals surface area contributed by atoms with Crippen LogP contribution in [-0.4, -0.2) is 20.5 Å². The Morgan fingerprint density at radius 2 is 2.05 bits per heavy atom. The van der Waals surface area contributed by atoms with Crippen molar-refractivity contribution in [2.24, 2.45) is 5.73 Å². The fourth-order valence-corrected chi connectivity index (χ4v) is 3.50. The number of rotatable bonds is 2. The van der Waals surface area contributed by atoms with E-state index in [9.17, 15) is 4.39 Å². The normalized spacial score (nSPS) is 31.7. The van der Waals surface area contributed by atoms with Crippen molar-refractivity contribution in [1.82, 2.24) is 15.0 Å². The molecular formula is C13H12ClFN4. The lowest BCUT2D eigenvalue weighted by molar-refractivity contribution is -0.0622. The van der Waals surface area contributed by atoms with Crippen LogP contribution in [0.2, 0.25) is 5.02 Å². The van der Waals surface area contributed by atoms with Gasteiger partial charge in [-0.1, -0.05) is 11.6 Å². The lowest BCUT2D eigenvalue weighted by Crippen LogP contribution is -2.74. The predicted octanol–water partition coefficient (Wildman–Crippen LogP) is 2.19. The van der Waals surface area contributed by atoms with E-state index in [1.165, 1.54) is 16.9 Å². The van der Waals surface area contributed by atoms with Gasteiger partial charge in [0.25, 0.3) is 0 Å². The Kier molecular flexibility index (Phi) is 2.00. The average molecular weight is 279 g/mol. The van der Waals surface area contributed by atoms with Gasteiger partial charge in [0.05, 0.1) is 22.6 Å². The second-order valence-electron chi connectivity index (χ2n) is 5.79. The molecule has 3 saturated carbocycles. The van der Waals surface area contributed by atoms with Crippen molar-refractivity contribution in [3.8, 4) is 5.69 Å². The maximum Gasteiger partial charge on any atom is 0.144 e. The maximum absolute atomic E-state index is 13.4. The van der Waals surface area contributed by atoms with Crippen LogP contribution in [0.4, 0.5) is 4.39 Å². The summed E-state index contributed by atoms with van der Waals surface area (Å²) in [5, 5.41) is 8.76. The first-order valence-corrected chi connectivity index (χ1v) is 6.55. The van der Waals surface area contributed by atoms with Gasteiger partial charge in [0.2, 0.25) is 0 Å². The molecule has 3 aliphatic carbocycles. The second kappa shape index (κ2) is 3.35. The molecule has 19 heavy (non-hydrogen) atoms. The fourth-order valence-electron chi connectivity index (χ4n) is 3.38. The molecule has 1 aromatic heterocycles. The highest BCUT2D eigenvalue weighted by molar-refractivity contribution is 6.30. The zero-order chi connectivity index (χ0) is 13.3. The van der Waals surface area contributed by atoms with Crippen molar-refractivity contribution in [2.75, 3.05) is 0 Å². The van der Waals surface area contributed by atoms with E-state index in [0.29, 0.717) is 5.69 Å². The molecule has 2 N–H and O–H groups in total. The Labute approximate surface area is 114 Å². The first-order valence-electron chi connectivity index (χ1n) is 6.17. The van der Waals surface area contributed by atoms with Gasteiger partial charge in [-0.25, -0.2) is 4.39 Å². The maximum atomic E-state index is 13.4. The number of halogens is 2. The van der Waals surface area contributed by atoms with Gasteiger partial charge < -0.3 is 5.73 Å². The van der Waals surface area contributed by atoms with Crippen molar-refractivity contribution in [1.29, 1.82) is 0 Å². The Hall–Kier alpha value is -1.46. The van der Waals surface area contributed by atoms with Gasteiger partial charge in [0.1, 0.15) is 5.82 Å². The number of hydrogen-bond acceptors (Lipinski definition) is 3. The molecule has 0 saturated heterocycles. The summed E-state index contributed by atoms with van der Waals surface area (Å²) < 4.78 is 13.4. The molecule has 2 bridgehead atoms. The van der Waals surface area contributed by atoms with E-state index >= 15 is 0 Å². The first kappa shape index (κ1) is 11.4. The Morgan fingerprint density at radius 1 is 1.32 bits per heavy atom. The van der Waals surface area contributed by atoms with Gasteiger partial charge in [0.15, 0.2) is 0 Å². The van der Waals surface area contributed by atoms with E-state index in [-0.39, 0.29) is 16.0 Å². The standard InChI is InChI=1S/C13H12ClFN4/c14-9-2-1-8(3-10(9)15)19-17-4-11(18-19)12-5-13(16,6-12)7-12/h1-4H,5-7,16H2. The zero-order valence-electron chi connectivity index (χ0n) is 10.1. The van der Waals surface area contributed by atoms with Crippen LogP contribution < -0.4 is 5.73 Å². The van der Waals surface area contributed by atoms with Crippen LogP contribution in [0.25, 0.3) is 5.69 Å². The number of aromatic nitrogens is 3. The van der Waals surface area contributed by atoms with Gasteiger partial charge in [-0.3, -0.25) is 0 Å². The smallest absolute Gasteiger partial charge is 0.144 e. The highest BCUT2D eigenvalue weighted by Gasteiger charge is 2.67. The van der Waals surface area contributed by atoms with Crippen molar-refractivity contribution in [2.45, 2.75) is 30.2 Å². The summed E-state index contributed by atoms with van der Waals surface area (Å²) in [5.74, 6) is -0.468. The largest absolute Gasteiger partial charge is 0.325 e. The van der Waals surface area contributed by atoms with Gasteiger partial charge in [-0.15, -0.1) is 0 Å². The van der Waals surface area contributed by atoms with Crippen molar-refractivity contribution < 1.29 is 4.39 Å². The third kappa shape index (κ3) is 1.48. The van der Waals surface area contributed by atoms with Gasteiger partial charge in [-0.05, 0) is 31.4 Å². The van der Waals surface area contributed by atoms with Crippen molar-refractivity contribution >= 4 is 11.6 Å². The summed E-state index contributed by atoms with van der Waals surface area (Å²) >= 11 is 5.66. The monoisotopic (exact) mass is 278 g/mol. The molecule has 98 valence electrons. The summed E-state index contributed by atoms with van der Waals surface area (Å²) in [6.07, 6.45) is 4.69. The molecule has 0 amide bonds.